The van der Waals surface area contributed by atoms with Gasteiger partial charge in [-0.2, -0.15) is 0 Å². The van der Waals surface area contributed by atoms with Crippen molar-refractivity contribution in [3.05, 3.63) is 29.3 Å². The summed E-state index contributed by atoms with van der Waals surface area (Å²) in [6, 6.07) is 6.35. The maximum Gasteiger partial charge on any atom is 0.253 e. The number of nitrogens with zero attached hydrogens (tertiary/aromatic N) is 2. The van der Waals surface area contributed by atoms with E-state index in [0.29, 0.717) is 6.04 Å². The van der Waals surface area contributed by atoms with Crippen LogP contribution in [0.1, 0.15) is 22.3 Å². The van der Waals surface area contributed by atoms with Gasteiger partial charge in [-0.1, -0.05) is 6.07 Å². The van der Waals surface area contributed by atoms with Crippen molar-refractivity contribution in [2.24, 2.45) is 0 Å². The van der Waals surface area contributed by atoms with Gasteiger partial charge in [-0.3, -0.25) is 4.79 Å². The summed E-state index contributed by atoms with van der Waals surface area (Å²) in [6.45, 7) is 4.27. The minimum absolute atomic E-state index is 0.0478. The highest BCUT2D eigenvalue weighted by molar-refractivity contribution is 5.95. The van der Waals surface area contributed by atoms with E-state index in [4.69, 9.17) is 0 Å². The van der Waals surface area contributed by atoms with Gasteiger partial charge >= 0.3 is 0 Å². The Labute approximate surface area is 115 Å². The fraction of sp³-hybridized carbons (Fsp3) is 0.533. The van der Waals surface area contributed by atoms with E-state index in [9.17, 15) is 4.79 Å². The normalized spacial score (nSPS) is 19.5. The number of hydrogen-bond donors (Lipinski definition) is 1. The van der Waals surface area contributed by atoms with Crippen LogP contribution in [0, 0.1) is 6.92 Å². The number of likely N-dealkylation sites (tertiary alicyclic amines) is 1. The van der Waals surface area contributed by atoms with Crippen LogP contribution >= 0.6 is 0 Å². The van der Waals surface area contributed by atoms with Gasteiger partial charge in [-0.15, -0.1) is 0 Å². The summed E-state index contributed by atoms with van der Waals surface area (Å²) in [5.41, 5.74) is 3.00. The fourth-order valence-electron chi connectivity index (χ4n) is 2.44. The molecule has 0 spiro atoms. The van der Waals surface area contributed by atoms with Crippen molar-refractivity contribution in [1.82, 2.24) is 9.80 Å². The fourth-order valence-corrected chi connectivity index (χ4v) is 2.44. The van der Waals surface area contributed by atoms with Gasteiger partial charge in [0.25, 0.3) is 5.91 Å². The van der Waals surface area contributed by atoms with Crippen LogP contribution in [0.5, 0.6) is 0 Å². The number of carbonyl (C=O) groups excluding carboxylic acids is 1. The smallest absolute Gasteiger partial charge is 0.253 e. The molecule has 2 rings (SSSR count). The van der Waals surface area contributed by atoms with Crippen molar-refractivity contribution in [2.75, 3.05) is 39.5 Å². The largest absolute Gasteiger partial charge is 0.381 e. The summed E-state index contributed by atoms with van der Waals surface area (Å²) in [5, 5.41) is 3.56. The summed E-state index contributed by atoms with van der Waals surface area (Å²) in [5.74, 6) is 0.0478. The Morgan fingerprint density at radius 1 is 1.42 bits per heavy atom. The summed E-state index contributed by atoms with van der Waals surface area (Å²) in [7, 11) is 5.70. The van der Waals surface area contributed by atoms with Crippen LogP contribution in [-0.4, -0.2) is 56.0 Å². The van der Waals surface area contributed by atoms with Crippen molar-refractivity contribution >= 4 is 11.6 Å². The number of anilines is 1. The number of amides is 1. The summed E-state index contributed by atoms with van der Waals surface area (Å²) >= 11 is 0. The molecule has 1 fully saturated rings. The first-order valence-electron chi connectivity index (χ1n) is 6.75. The van der Waals surface area contributed by atoms with Gasteiger partial charge in [0.05, 0.1) is 0 Å². The molecule has 1 aliphatic heterocycles. The van der Waals surface area contributed by atoms with E-state index < -0.39 is 0 Å². The Hall–Kier alpha value is -1.55. The second kappa shape index (κ2) is 5.61. The number of hydrogen-bond acceptors (Lipinski definition) is 3. The lowest BCUT2D eigenvalue weighted by atomic mass is 10.1. The topological polar surface area (TPSA) is 35.6 Å². The molecule has 1 N–H and O–H groups in total. The van der Waals surface area contributed by atoms with Crippen LogP contribution in [0.15, 0.2) is 18.2 Å². The lowest BCUT2D eigenvalue weighted by molar-refractivity contribution is 0.0827. The van der Waals surface area contributed by atoms with E-state index >= 15 is 0 Å². The first-order valence-corrected chi connectivity index (χ1v) is 6.75. The Kier molecular flexibility index (Phi) is 4.10. The minimum Gasteiger partial charge on any atom is -0.381 e. The van der Waals surface area contributed by atoms with Gasteiger partial charge < -0.3 is 15.1 Å². The third kappa shape index (κ3) is 3.26. The van der Waals surface area contributed by atoms with Gasteiger partial charge in [0.1, 0.15) is 0 Å². The molecule has 0 bridgehead atoms. The zero-order valence-corrected chi connectivity index (χ0v) is 12.2. The van der Waals surface area contributed by atoms with Crippen LogP contribution in [0.25, 0.3) is 0 Å². The predicted molar refractivity (Wildman–Crippen MR) is 78.7 cm³/mol. The SMILES string of the molecule is Cc1ccc(C(=O)N(C)C)cc1NC1CCN(C)C1. The standard InChI is InChI=1S/C15H23N3O/c1-11-5-6-12(15(19)17(2)3)9-14(11)16-13-7-8-18(4)10-13/h5-6,9,13,16H,7-8,10H2,1-4H3. The zero-order valence-electron chi connectivity index (χ0n) is 12.2. The Morgan fingerprint density at radius 2 is 2.16 bits per heavy atom. The molecule has 1 amide bonds. The molecule has 1 heterocycles. The molecule has 4 heteroatoms. The number of carbonyl (C=O) groups is 1. The quantitative estimate of drug-likeness (QED) is 0.901. The number of nitrogens with one attached hydrogen (secondary N) is 1. The second-order valence-electron chi connectivity index (χ2n) is 5.62. The molecule has 0 radical (unpaired) electrons. The number of rotatable bonds is 3. The first kappa shape index (κ1) is 13.9. The average Bonchev–Trinajstić information content (AvgIpc) is 2.76. The first-order chi connectivity index (χ1) is 8.97. The highest BCUT2D eigenvalue weighted by Gasteiger charge is 2.20. The lowest BCUT2D eigenvalue weighted by Crippen LogP contribution is -2.25. The van der Waals surface area contributed by atoms with Crippen molar-refractivity contribution in [3.63, 3.8) is 0 Å². The second-order valence-corrected chi connectivity index (χ2v) is 5.62. The summed E-state index contributed by atoms with van der Waals surface area (Å²) in [6.07, 6.45) is 1.15. The van der Waals surface area contributed by atoms with Gasteiger partial charge in [-0.05, 0) is 44.6 Å². The highest BCUT2D eigenvalue weighted by Crippen LogP contribution is 2.21. The van der Waals surface area contributed by atoms with E-state index in [-0.39, 0.29) is 5.91 Å². The molecular weight excluding hydrogens is 238 g/mol. The zero-order chi connectivity index (χ0) is 14.0. The number of likely N-dealkylation sites (N-methyl/N-ethyl adjacent to an activating group) is 1. The van der Waals surface area contributed by atoms with Gasteiger partial charge in [0.2, 0.25) is 0 Å². The van der Waals surface area contributed by atoms with Crippen LogP contribution in [0.4, 0.5) is 5.69 Å². The van der Waals surface area contributed by atoms with Crippen LogP contribution in [-0.2, 0) is 0 Å². The Morgan fingerprint density at radius 3 is 2.74 bits per heavy atom. The molecule has 104 valence electrons. The molecule has 1 aromatic rings. The molecule has 0 saturated carbocycles. The Bertz CT molecular complexity index is 470. The van der Waals surface area contributed by atoms with Crippen molar-refractivity contribution in [3.8, 4) is 0 Å². The molecule has 1 unspecified atom stereocenters. The van der Waals surface area contributed by atoms with E-state index in [0.717, 1.165) is 30.8 Å². The van der Waals surface area contributed by atoms with Crippen LogP contribution in [0.2, 0.25) is 0 Å². The molecular formula is C15H23N3O. The molecule has 1 aromatic carbocycles. The molecule has 1 saturated heterocycles. The van der Waals surface area contributed by atoms with Crippen molar-refractivity contribution in [1.29, 1.82) is 0 Å². The van der Waals surface area contributed by atoms with Gasteiger partial charge in [0, 0.05) is 37.9 Å². The molecule has 19 heavy (non-hydrogen) atoms. The molecule has 1 aliphatic rings. The summed E-state index contributed by atoms with van der Waals surface area (Å²) in [4.78, 5) is 15.9. The average molecular weight is 261 g/mol. The van der Waals surface area contributed by atoms with Crippen LogP contribution < -0.4 is 5.32 Å². The maximum atomic E-state index is 12.0. The van der Waals surface area contributed by atoms with E-state index in [1.807, 2.05) is 18.2 Å². The third-order valence-electron chi connectivity index (χ3n) is 3.64. The van der Waals surface area contributed by atoms with Gasteiger partial charge in [0.15, 0.2) is 0 Å². The minimum atomic E-state index is 0.0478. The highest BCUT2D eigenvalue weighted by atomic mass is 16.2. The van der Waals surface area contributed by atoms with Crippen molar-refractivity contribution in [2.45, 2.75) is 19.4 Å². The third-order valence-corrected chi connectivity index (χ3v) is 3.64. The molecule has 4 nitrogen and oxygen atoms in total. The molecule has 0 aliphatic carbocycles. The van der Waals surface area contributed by atoms with Crippen molar-refractivity contribution < 1.29 is 4.79 Å². The number of benzene rings is 1. The van der Waals surface area contributed by atoms with Crippen LogP contribution in [0.3, 0.4) is 0 Å². The van der Waals surface area contributed by atoms with E-state index in [1.54, 1.807) is 19.0 Å². The number of aryl methyl sites for hydroxylation is 1. The predicted octanol–water partition coefficient (Wildman–Crippen LogP) is 1.81. The molecule has 1 atom stereocenters. The summed E-state index contributed by atoms with van der Waals surface area (Å²) < 4.78 is 0. The molecule has 0 aromatic heterocycles. The van der Waals surface area contributed by atoms with Gasteiger partial charge in [-0.25, -0.2) is 0 Å². The maximum absolute atomic E-state index is 12.0. The lowest BCUT2D eigenvalue weighted by Gasteiger charge is -2.18. The monoisotopic (exact) mass is 261 g/mol. The van der Waals surface area contributed by atoms with E-state index in [2.05, 4.69) is 24.2 Å². The van der Waals surface area contributed by atoms with E-state index in [1.165, 1.54) is 5.56 Å². The Balaban J connectivity index is 2.15.